The van der Waals surface area contributed by atoms with E-state index in [1.165, 1.54) is 0 Å². The zero-order valence-electron chi connectivity index (χ0n) is 8.73. The third-order valence-electron chi connectivity index (χ3n) is 1.98. The lowest BCUT2D eigenvalue weighted by Crippen LogP contribution is -2.10. The summed E-state index contributed by atoms with van der Waals surface area (Å²) < 4.78 is 5.38. The number of carbonyl (C=O) groups is 1. The zero-order chi connectivity index (χ0) is 12.0. The fraction of sp³-hybridized carbons (Fsp3) is 0.250. The van der Waals surface area contributed by atoms with E-state index >= 15 is 0 Å². The quantitative estimate of drug-likeness (QED) is 0.614. The first-order valence-corrected chi connectivity index (χ1v) is 5.30. The molecule has 0 saturated carbocycles. The molecular formula is C12H13ClO3. The first-order valence-electron chi connectivity index (χ1n) is 4.86. The van der Waals surface area contributed by atoms with Gasteiger partial charge in [-0.2, -0.15) is 0 Å². The normalized spacial score (nSPS) is 11.8. The number of alkyl halides is 1. The highest BCUT2D eigenvalue weighted by Gasteiger charge is 2.10. The number of para-hydroxylation sites is 1. The minimum atomic E-state index is -0.997. The fourth-order valence-electron chi connectivity index (χ4n) is 1.10. The standard InChI is InChI=1S/C12H13ClO3/c1-9(12(14)15)7-8-11(13)16-10-5-3-2-4-6-10/h2-6,11H,1,7-8H2,(H,14,15). The lowest BCUT2D eigenvalue weighted by Gasteiger charge is -2.12. The van der Waals surface area contributed by atoms with Gasteiger partial charge in [0.1, 0.15) is 5.75 Å². The van der Waals surface area contributed by atoms with E-state index in [9.17, 15) is 4.79 Å². The Hall–Kier alpha value is -1.48. The van der Waals surface area contributed by atoms with Gasteiger partial charge in [0.05, 0.1) is 0 Å². The third-order valence-corrected chi connectivity index (χ3v) is 2.29. The summed E-state index contributed by atoms with van der Waals surface area (Å²) in [5.41, 5.74) is -0.402. The Balaban J connectivity index is 2.34. The number of rotatable bonds is 6. The number of aliphatic carboxylic acids is 1. The first kappa shape index (κ1) is 12.6. The van der Waals surface area contributed by atoms with Crippen LogP contribution in [0, 0.1) is 0 Å². The minimum absolute atomic E-state index is 0.141. The van der Waals surface area contributed by atoms with Gasteiger partial charge in [0.2, 0.25) is 0 Å². The summed E-state index contributed by atoms with van der Waals surface area (Å²) in [6, 6.07) is 9.15. The van der Waals surface area contributed by atoms with E-state index in [2.05, 4.69) is 6.58 Å². The van der Waals surface area contributed by atoms with E-state index in [1.54, 1.807) is 12.1 Å². The summed E-state index contributed by atoms with van der Waals surface area (Å²) in [5, 5.41) is 8.60. The zero-order valence-corrected chi connectivity index (χ0v) is 9.48. The van der Waals surface area contributed by atoms with Gasteiger partial charge in [-0.25, -0.2) is 4.79 Å². The molecule has 0 heterocycles. The van der Waals surface area contributed by atoms with Gasteiger partial charge in [0.15, 0.2) is 5.56 Å². The molecule has 1 aromatic carbocycles. The SMILES string of the molecule is C=C(CCC(Cl)Oc1ccccc1)C(=O)O. The molecule has 0 aromatic heterocycles. The van der Waals surface area contributed by atoms with E-state index in [-0.39, 0.29) is 5.57 Å². The molecule has 16 heavy (non-hydrogen) atoms. The number of hydrogen-bond donors (Lipinski definition) is 1. The van der Waals surface area contributed by atoms with Crippen molar-refractivity contribution in [3.05, 3.63) is 42.5 Å². The number of halogens is 1. The van der Waals surface area contributed by atoms with Crippen molar-refractivity contribution in [2.45, 2.75) is 18.4 Å². The van der Waals surface area contributed by atoms with Crippen molar-refractivity contribution in [1.82, 2.24) is 0 Å². The molecule has 1 rings (SSSR count). The lowest BCUT2D eigenvalue weighted by molar-refractivity contribution is -0.132. The predicted octanol–water partition coefficient (Wildman–Crippen LogP) is 3.05. The van der Waals surface area contributed by atoms with Crippen LogP contribution in [0.25, 0.3) is 0 Å². The van der Waals surface area contributed by atoms with Crippen molar-refractivity contribution >= 4 is 17.6 Å². The highest BCUT2D eigenvalue weighted by molar-refractivity contribution is 6.19. The highest BCUT2D eigenvalue weighted by atomic mass is 35.5. The summed E-state index contributed by atoms with van der Waals surface area (Å²) >= 11 is 5.91. The van der Waals surface area contributed by atoms with Crippen molar-refractivity contribution < 1.29 is 14.6 Å². The molecule has 86 valence electrons. The Bertz CT molecular complexity index is 362. The Morgan fingerprint density at radius 2 is 2.06 bits per heavy atom. The van der Waals surface area contributed by atoms with Crippen LogP contribution >= 0.6 is 11.6 Å². The average molecular weight is 241 g/mol. The predicted molar refractivity (Wildman–Crippen MR) is 62.7 cm³/mol. The van der Waals surface area contributed by atoms with Gasteiger partial charge in [0.25, 0.3) is 0 Å². The summed E-state index contributed by atoms with van der Waals surface area (Å²) in [5.74, 6) is -0.327. The first-order chi connectivity index (χ1) is 7.59. The second-order valence-electron chi connectivity index (χ2n) is 3.29. The number of ether oxygens (including phenoxy) is 1. The van der Waals surface area contributed by atoms with Gasteiger partial charge in [-0.3, -0.25) is 0 Å². The Kier molecular flexibility index (Phi) is 4.86. The molecule has 0 aliphatic carbocycles. The lowest BCUT2D eigenvalue weighted by atomic mass is 10.2. The average Bonchev–Trinajstić information content (AvgIpc) is 2.27. The Morgan fingerprint density at radius 1 is 1.44 bits per heavy atom. The highest BCUT2D eigenvalue weighted by Crippen LogP contribution is 2.17. The van der Waals surface area contributed by atoms with Crippen LogP contribution in [-0.4, -0.2) is 16.6 Å². The van der Waals surface area contributed by atoms with Gasteiger partial charge in [-0.05, 0) is 18.6 Å². The van der Waals surface area contributed by atoms with Crippen molar-refractivity contribution in [1.29, 1.82) is 0 Å². The third kappa shape index (κ3) is 4.36. The van der Waals surface area contributed by atoms with E-state index in [0.29, 0.717) is 18.6 Å². The largest absolute Gasteiger partial charge is 0.478 e. The van der Waals surface area contributed by atoms with Crippen molar-refractivity contribution in [3.8, 4) is 5.75 Å². The molecule has 4 heteroatoms. The van der Waals surface area contributed by atoms with Gasteiger partial charge in [-0.1, -0.05) is 36.4 Å². The molecule has 1 atom stereocenters. The van der Waals surface area contributed by atoms with Crippen LogP contribution in [0.15, 0.2) is 42.5 Å². The number of benzene rings is 1. The van der Waals surface area contributed by atoms with Crippen LogP contribution in [0.5, 0.6) is 5.75 Å². The molecule has 1 N–H and O–H groups in total. The minimum Gasteiger partial charge on any atom is -0.478 e. The van der Waals surface area contributed by atoms with Crippen LogP contribution < -0.4 is 4.74 Å². The molecular weight excluding hydrogens is 228 g/mol. The van der Waals surface area contributed by atoms with Crippen LogP contribution in [0.1, 0.15) is 12.8 Å². The molecule has 1 unspecified atom stereocenters. The van der Waals surface area contributed by atoms with Crippen LogP contribution in [-0.2, 0) is 4.79 Å². The maximum absolute atomic E-state index is 10.5. The smallest absolute Gasteiger partial charge is 0.330 e. The van der Waals surface area contributed by atoms with Crippen molar-refractivity contribution in [3.63, 3.8) is 0 Å². The topological polar surface area (TPSA) is 46.5 Å². The maximum atomic E-state index is 10.5. The van der Waals surface area contributed by atoms with Crippen LogP contribution in [0.3, 0.4) is 0 Å². The number of carboxylic acid groups (broad SMARTS) is 1. The molecule has 0 spiro atoms. The van der Waals surface area contributed by atoms with Crippen molar-refractivity contribution in [2.24, 2.45) is 0 Å². The van der Waals surface area contributed by atoms with Gasteiger partial charge in [-0.15, -0.1) is 0 Å². The summed E-state index contributed by atoms with van der Waals surface area (Å²) in [6.45, 7) is 3.42. The Morgan fingerprint density at radius 3 is 2.62 bits per heavy atom. The molecule has 0 aliphatic rings. The molecule has 0 fully saturated rings. The van der Waals surface area contributed by atoms with E-state index in [1.807, 2.05) is 18.2 Å². The maximum Gasteiger partial charge on any atom is 0.330 e. The van der Waals surface area contributed by atoms with E-state index < -0.39 is 11.5 Å². The van der Waals surface area contributed by atoms with Gasteiger partial charge >= 0.3 is 5.97 Å². The summed E-state index contributed by atoms with van der Waals surface area (Å²) in [6.07, 6.45) is 0.734. The molecule has 1 aromatic rings. The molecule has 3 nitrogen and oxygen atoms in total. The van der Waals surface area contributed by atoms with E-state index in [0.717, 1.165) is 0 Å². The van der Waals surface area contributed by atoms with Crippen LogP contribution in [0.4, 0.5) is 0 Å². The summed E-state index contributed by atoms with van der Waals surface area (Å²) in [7, 11) is 0. The molecule has 0 saturated heterocycles. The number of carboxylic acids is 1. The van der Waals surface area contributed by atoms with E-state index in [4.69, 9.17) is 21.4 Å². The van der Waals surface area contributed by atoms with Gasteiger partial charge in [0, 0.05) is 12.0 Å². The molecule has 0 aliphatic heterocycles. The van der Waals surface area contributed by atoms with Crippen molar-refractivity contribution in [2.75, 3.05) is 0 Å². The molecule has 0 bridgehead atoms. The monoisotopic (exact) mass is 240 g/mol. The summed E-state index contributed by atoms with van der Waals surface area (Å²) in [4.78, 5) is 10.5. The second kappa shape index (κ2) is 6.18. The second-order valence-corrected chi connectivity index (χ2v) is 3.78. The Labute approximate surface area is 99.3 Å². The van der Waals surface area contributed by atoms with Gasteiger partial charge < -0.3 is 9.84 Å². The van der Waals surface area contributed by atoms with Crippen LogP contribution in [0.2, 0.25) is 0 Å². The molecule has 0 amide bonds. The number of hydrogen-bond acceptors (Lipinski definition) is 2. The molecule has 0 radical (unpaired) electrons. The fourth-order valence-corrected chi connectivity index (χ4v) is 1.31.